The van der Waals surface area contributed by atoms with Crippen LogP contribution in [0.4, 0.5) is 4.39 Å². The monoisotopic (exact) mass is 384 g/mol. The molecule has 1 heterocycles. The molecule has 2 atom stereocenters. The molecule has 2 unspecified atom stereocenters. The Morgan fingerprint density at radius 3 is 2.61 bits per heavy atom. The molecule has 6 heteroatoms. The number of methoxy groups -OCH3 is 1. The van der Waals surface area contributed by atoms with E-state index in [1.165, 1.54) is 24.3 Å². The van der Waals surface area contributed by atoms with Gasteiger partial charge in [0, 0.05) is 24.2 Å². The van der Waals surface area contributed by atoms with E-state index in [4.69, 9.17) is 4.74 Å². The maximum Gasteiger partial charge on any atom is 0.253 e. The van der Waals surface area contributed by atoms with Crippen molar-refractivity contribution in [1.29, 1.82) is 0 Å². The predicted molar refractivity (Wildman–Crippen MR) is 105 cm³/mol. The Labute approximate surface area is 164 Å². The van der Waals surface area contributed by atoms with Crippen molar-refractivity contribution in [2.75, 3.05) is 20.2 Å². The van der Waals surface area contributed by atoms with Gasteiger partial charge in [-0.1, -0.05) is 18.2 Å². The van der Waals surface area contributed by atoms with Crippen molar-refractivity contribution in [2.24, 2.45) is 5.92 Å². The first-order valence-electron chi connectivity index (χ1n) is 9.47. The maximum atomic E-state index is 13.1. The van der Waals surface area contributed by atoms with E-state index < -0.39 is 0 Å². The molecule has 0 radical (unpaired) electrons. The molecule has 5 nitrogen and oxygen atoms in total. The molecule has 1 aliphatic rings. The molecule has 0 aromatic heterocycles. The van der Waals surface area contributed by atoms with Gasteiger partial charge in [0.15, 0.2) is 0 Å². The second-order valence-electron chi connectivity index (χ2n) is 7.07. The van der Waals surface area contributed by atoms with E-state index in [0.29, 0.717) is 18.7 Å². The number of carbonyl (C=O) groups excluding carboxylic acids is 2. The zero-order chi connectivity index (χ0) is 20.1. The molecule has 1 N–H and O–H groups in total. The van der Waals surface area contributed by atoms with Crippen LogP contribution < -0.4 is 10.1 Å². The molecule has 0 aliphatic carbocycles. The first-order valence-corrected chi connectivity index (χ1v) is 9.47. The van der Waals surface area contributed by atoms with Gasteiger partial charge in [-0.15, -0.1) is 0 Å². The van der Waals surface area contributed by atoms with Gasteiger partial charge in [-0.3, -0.25) is 9.59 Å². The van der Waals surface area contributed by atoms with Crippen LogP contribution in [0.3, 0.4) is 0 Å². The molecule has 0 bridgehead atoms. The number of para-hydroxylation sites is 1. The van der Waals surface area contributed by atoms with Crippen LogP contribution in [-0.4, -0.2) is 36.9 Å². The summed E-state index contributed by atoms with van der Waals surface area (Å²) in [6.45, 7) is 2.88. The summed E-state index contributed by atoms with van der Waals surface area (Å²) in [4.78, 5) is 27.1. The highest BCUT2D eigenvalue weighted by Gasteiger charge is 2.30. The predicted octanol–water partition coefficient (Wildman–Crippen LogP) is 3.56. The molecule has 1 saturated heterocycles. The summed E-state index contributed by atoms with van der Waals surface area (Å²) in [6.07, 6.45) is 1.49. The fraction of sp³-hybridized carbons (Fsp3) is 0.364. The molecule has 3 rings (SSSR count). The lowest BCUT2D eigenvalue weighted by molar-refractivity contribution is -0.127. The van der Waals surface area contributed by atoms with Crippen molar-refractivity contribution in [3.63, 3.8) is 0 Å². The Morgan fingerprint density at radius 1 is 1.18 bits per heavy atom. The van der Waals surface area contributed by atoms with Crippen LogP contribution in [0.2, 0.25) is 0 Å². The number of likely N-dealkylation sites (tertiary alicyclic amines) is 1. The molecule has 1 fully saturated rings. The largest absolute Gasteiger partial charge is 0.496 e. The van der Waals surface area contributed by atoms with Crippen LogP contribution in [0.5, 0.6) is 5.75 Å². The molecule has 2 aromatic carbocycles. The van der Waals surface area contributed by atoms with Crippen molar-refractivity contribution in [1.82, 2.24) is 10.2 Å². The van der Waals surface area contributed by atoms with E-state index >= 15 is 0 Å². The number of nitrogens with one attached hydrogen (secondary N) is 1. The minimum absolute atomic E-state index is 0.0741. The fourth-order valence-electron chi connectivity index (χ4n) is 3.58. The normalized spacial score (nSPS) is 17.7. The Balaban J connectivity index is 1.64. The van der Waals surface area contributed by atoms with E-state index in [9.17, 15) is 14.0 Å². The molecule has 1 aliphatic heterocycles. The molecule has 2 amide bonds. The van der Waals surface area contributed by atoms with E-state index in [0.717, 1.165) is 24.2 Å². The number of piperidine rings is 1. The molecule has 2 aromatic rings. The number of halogens is 1. The Hall–Kier alpha value is -2.89. The minimum Gasteiger partial charge on any atom is -0.496 e. The number of benzene rings is 2. The van der Waals surface area contributed by atoms with Crippen molar-refractivity contribution >= 4 is 11.8 Å². The third-order valence-corrected chi connectivity index (χ3v) is 5.13. The quantitative estimate of drug-likeness (QED) is 0.858. The third-order valence-electron chi connectivity index (χ3n) is 5.13. The zero-order valence-electron chi connectivity index (χ0n) is 16.2. The molecule has 148 valence electrons. The third kappa shape index (κ3) is 4.50. The molecular formula is C22H25FN2O3. The number of ether oxygens (including phenoxy) is 1. The van der Waals surface area contributed by atoms with Gasteiger partial charge in [-0.25, -0.2) is 4.39 Å². The molecular weight excluding hydrogens is 359 g/mol. The Kier molecular flexibility index (Phi) is 6.29. The topological polar surface area (TPSA) is 58.6 Å². The lowest BCUT2D eigenvalue weighted by Crippen LogP contribution is -2.45. The highest BCUT2D eigenvalue weighted by molar-refractivity contribution is 5.94. The number of nitrogens with zero attached hydrogens (tertiary/aromatic N) is 1. The van der Waals surface area contributed by atoms with Crippen LogP contribution in [-0.2, 0) is 4.79 Å². The summed E-state index contributed by atoms with van der Waals surface area (Å²) in [6, 6.07) is 12.9. The van der Waals surface area contributed by atoms with Gasteiger partial charge >= 0.3 is 0 Å². The number of hydrogen-bond acceptors (Lipinski definition) is 3. The lowest BCUT2D eigenvalue weighted by atomic mass is 9.95. The van der Waals surface area contributed by atoms with Crippen molar-refractivity contribution < 1.29 is 18.7 Å². The van der Waals surface area contributed by atoms with Gasteiger partial charge in [-0.2, -0.15) is 0 Å². The van der Waals surface area contributed by atoms with Gasteiger partial charge in [-0.05, 0) is 50.1 Å². The summed E-state index contributed by atoms with van der Waals surface area (Å²) in [7, 11) is 1.60. The minimum atomic E-state index is -0.377. The van der Waals surface area contributed by atoms with Crippen LogP contribution in [0.25, 0.3) is 0 Å². The smallest absolute Gasteiger partial charge is 0.253 e. The molecule has 0 saturated carbocycles. The van der Waals surface area contributed by atoms with Crippen LogP contribution in [0.1, 0.15) is 41.7 Å². The number of rotatable bonds is 5. The highest BCUT2D eigenvalue weighted by Crippen LogP contribution is 2.26. The van der Waals surface area contributed by atoms with Crippen LogP contribution >= 0.6 is 0 Å². The van der Waals surface area contributed by atoms with Gasteiger partial charge in [0.1, 0.15) is 11.6 Å². The van der Waals surface area contributed by atoms with Gasteiger partial charge in [0.25, 0.3) is 5.91 Å². The summed E-state index contributed by atoms with van der Waals surface area (Å²) >= 11 is 0. The first-order chi connectivity index (χ1) is 13.5. The lowest BCUT2D eigenvalue weighted by Gasteiger charge is -2.33. The SMILES string of the molecule is COc1ccccc1C(C)NC(=O)C1CCCN(C(=O)c2ccc(F)cc2)C1. The summed E-state index contributed by atoms with van der Waals surface area (Å²) in [5.41, 5.74) is 1.35. The highest BCUT2D eigenvalue weighted by atomic mass is 19.1. The second kappa shape index (κ2) is 8.87. The number of carbonyl (C=O) groups is 2. The number of hydrogen-bond donors (Lipinski definition) is 1. The van der Waals surface area contributed by atoms with Crippen molar-refractivity contribution in [3.8, 4) is 5.75 Å². The summed E-state index contributed by atoms with van der Waals surface area (Å²) in [5.74, 6) is -0.162. The summed E-state index contributed by atoms with van der Waals surface area (Å²) in [5, 5.41) is 3.04. The van der Waals surface area contributed by atoms with Crippen LogP contribution in [0, 0.1) is 11.7 Å². The average Bonchev–Trinajstić information content (AvgIpc) is 2.73. The second-order valence-corrected chi connectivity index (χ2v) is 7.07. The first kappa shape index (κ1) is 19.9. The van der Waals surface area contributed by atoms with E-state index in [1.807, 2.05) is 31.2 Å². The molecule has 0 spiro atoms. The fourth-order valence-corrected chi connectivity index (χ4v) is 3.58. The Morgan fingerprint density at radius 2 is 1.89 bits per heavy atom. The van der Waals surface area contributed by atoms with Gasteiger partial charge in [0.2, 0.25) is 5.91 Å². The van der Waals surface area contributed by atoms with E-state index in [1.54, 1.807) is 12.0 Å². The average molecular weight is 384 g/mol. The van der Waals surface area contributed by atoms with Crippen molar-refractivity contribution in [3.05, 3.63) is 65.5 Å². The van der Waals surface area contributed by atoms with Gasteiger partial charge < -0.3 is 15.0 Å². The maximum absolute atomic E-state index is 13.1. The van der Waals surface area contributed by atoms with E-state index in [2.05, 4.69) is 5.32 Å². The van der Waals surface area contributed by atoms with Crippen molar-refractivity contribution in [2.45, 2.75) is 25.8 Å². The summed E-state index contributed by atoms with van der Waals surface area (Å²) < 4.78 is 18.5. The van der Waals surface area contributed by atoms with E-state index in [-0.39, 0.29) is 29.6 Å². The Bertz CT molecular complexity index is 838. The zero-order valence-corrected chi connectivity index (χ0v) is 16.2. The van der Waals surface area contributed by atoms with Crippen LogP contribution in [0.15, 0.2) is 48.5 Å². The standard InChI is InChI=1S/C22H25FN2O3/c1-15(19-7-3-4-8-20(19)28-2)24-21(26)17-6-5-13-25(14-17)22(27)16-9-11-18(23)12-10-16/h3-4,7-12,15,17H,5-6,13-14H2,1-2H3,(H,24,26). The molecule has 28 heavy (non-hydrogen) atoms. The van der Waals surface area contributed by atoms with Gasteiger partial charge in [0.05, 0.1) is 19.1 Å². The number of amides is 2.